The van der Waals surface area contributed by atoms with Gasteiger partial charge in [-0.1, -0.05) is 29.3 Å². The van der Waals surface area contributed by atoms with Crippen molar-refractivity contribution in [2.75, 3.05) is 10.2 Å². The molecule has 6 N–H and O–H groups in total. The third kappa shape index (κ3) is 5.64. The maximum Gasteiger partial charge on any atom is 0.333 e. The lowest BCUT2D eigenvalue weighted by Crippen LogP contribution is -2.54. The van der Waals surface area contributed by atoms with Crippen molar-refractivity contribution in [2.45, 2.75) is 31.0 Å². The Morgan fingerprint density at radius 3 is 2.42 bits per heavy atom. The molecule has 2 aromatic carbocycles. The van der Waals surface area contributed by atoms with Gasteiger partial charge in [0, 0.05) is 22.9 Å². The fraction of sp³-hybridized carbons (Fsp3) is 0.211. The first-order valence-corrected chi connectivity index (χ1v) is 11.5. The van der Waals surface area contributed by atoms with Crippen molar-refractivity contribution in [3.8, 4) is 0 Å². The molecule has 1 aliphatic heterocycles. The summed E-state index contributed by atoms with van der Waals surface area (Å²) >= 11 is 12.2. The molecule has 0 unspecified atom stereocenters. The molecule has 2 aromatic rings. The predicted octanol–water partition coefficient (Wildman–Crippen LogP) is 3.16. The van der Waals surface area contributed by atoms with Crippen LogP contribution in [0, 0.1) is 0 Å². The van der Waals surface area contributed by atoms with Crippen LogP contribution in [0.25, 0.3) is 0 Å². The van der Waals surface area contributed by atoms with E-state index in [1.807, 2.05) is 13.8 Å². The molecule has 176 valence electrons. The summed E-state index contributed by atoms with van der Waals surface area (Å²) in [7, 11) is -4.96. The standard InChI is InChI=1S/C19H20Cl2FN7O3S/c1-19(2)28-16(23)27-17(24)29(19)12-5-3-10(13(20)8-12)9-25-18(30)26-11-4-6-15(14(21)7-11)33(22,31)32/h3-8H,9H2,1-2H3,(H2,25,26,30)(H4,23,24,27,28). The third-order valence-electron chi connectivity index (χ3n) is 4.58. The zero-order chi connectivity index (χ0) is 24.6. The second-order valence-corrected chi connectivity index (χ2v) is 9.57. The Balaban J connectivity index is 1.67. The Hall–Kier alpha value is -3.09. The number of nitrogens with zero attached hydrogens (tertiary/aromatic N) is 3. The highest BCUT2D eigenvalue weighted by Crippen LogP contribution is 2.31. The van der Waals surface area contributed by atoms with Crippen molar-refractivity contribution in [2.24, 2.45) is 21.5 Å². The van der Waals surface area contributed by atoms with Gasteiger partial charge in [0.1, 0.15) is 10.6 Å². The lowest BCUT2D eigenvalue weighted by Gasteiger charge is -2.38. The fourth-order valence-electron chi connectivity index (χ4n) is 3.20. The van der Waals surface area contributed by atoms with Crippen LogP contribution in [0.4, 0.5) is 20.1 Å². The van der Waals surface area contributed by atoms with Gasteiger partial charge in [-0.2, -0.15) is 13.4 Å². The van der Waals surface area contributed by atoms with Crippen molar-refractivity contribution >= 4 is 62.8 Å². The van der Waals surface area contributed by atoms with E-state index in [2.05, 4.69) is 20.6 Å². The zero-order valence-electron chi connectivity index (χ0n) is 17.4. The van der Waals surface area contributed by atoms with Gasteiger partial charge < -0.3 is 22.1 Å². The monoisotopic (exact) mass is 515 g/mol. The second kappa shape index (κ2) is 9.04. The number of nitrogens with one attached hydrogen (secondary N) is 2. The maximum absolute atomic E-state index is 13.1. The minimum absolute atomic E-state index is 0.0771. The minimum atomic E-state index is -4.96. The van der Waals surface area contributed by atoms with E-state index in [0.717, 1.165) is 12.1 Å². The lowest BCUT2D eigenvalue weighted by molar-refractivity contribution is 0.251. The number of hydrogen-bond donors (Lipinski definition) is 4. The molecule has 10 nitrogen and oxygen atoms in total. The van der Waals surface area contributed by atoms with E-state index in [0.29, 0.717) is 16.3 Å². The summed E-state index contributed by atoms with van der Waals surface area (Å²) in [6.45, 7) is 3.71. The number of guanidine groups is 2. The van der Waals surface area contributed by atoms with E-state index >= 15 is 0 Å². The van der Waals surface area contributed by atoms with E-state index in [9.17, 15) is 17.1 Å². The van der Waals surface area contributed by atoms with Crippen molar-refractivity contribution in [3.63, 3.8) is 0 Å². The van der Waals surface area contributed by atoms with E-state index in [4.69, 9.17) is 34.7 Å². The largest absolute Gasteiger partial charge is 0.369 e. The van der Waals surface area contributed by atoms with Gasteiger partial charge in [-0.25, -0.2) is 9.79 Å². The number of rotatable bonds is 5. The molecule has 0 radical (unpaired) electrons. The number of nitrogens with two attached hydrogens (primary N) is 2. The minimum Gasteiger partial charge on any atom is -0.369 e. The van der Waals surface area contributed by atoms with Crippen LogP contribution in [-0.2, 0) is 16.8 Å². The molecule has 33 heavy (non-hydrogen) atoms. The van der Waals surface area contributed by atoms with Crippen molar-refractivity contribution in [1.82, 2.24) is 5.32 Å². The molecule has 0 saturated carbocycles. The smallest absolute Gasteiger partial charge is 0.333 e. The average molecular weight is 516 g/mol. The lowest BCUT2D eigenvalue weighted by atomic mass is 10.1. The number of urea groups is 1. The number of hydrogen-bond acceptors (Lipinski definition) is 8. The number of halogens is 3. The van der Waals surface area contributed by atoms with Gasteiger partial charge >= 0.3 is 16.3 Å². The highest BCUT2D eigenvalue weighted by Gasteiger charge is 2.33. The summed E-state index contributed by atoms with van der Waals surface area (Å²) in [5.74, 6) is 0.244. The highest BCUT2D eigenvalue weighted by molar-refractivity contribution is 7.86. The SMILES string of the molecule is CC1(C)N=C(N)N=C(N)N1c1ccc(CNC(=O)Nc2ccc(S(=O)(=O)F)c(Cl)c2)c(Cl)c1. The number of aliphatic imine (C=N–C) groups is 2. The topological polar surface area (TPSA) is 155 Å². The van der Waals surface area contributed by atoms with E-state index in [-0.39, 0.29) is 29.2 Å². The first kappa shape index (κ1) is 24.6. The van der Waals surface area contributed by atoms with E-state index in [1.165, 1.54) is 6.07 Å². The number of carbonyl (C=O) groups is 1. The molecular weight excluding hydrogens is 496 g/mol. The molecule has 0 spiro atoms. The molecule has 0 bridgehead atoms. The van der Waals surface area contributed by atoms with Gasteiger partial charge in [-0.3, -0.25) is 4.90 Å². The Morgan fingerprint density at radius 2 is 1.85 bits per heavy atom. The van der Waals surface area contributed by atoms with Crippen LogP contribution in [0.3, 0.4) is 0 Å². The number of anilines is 2. The molecule has 0 saturated heterocycles. The first-order chi connectivity index (χ1) is 15.3. The molecule has 1 heterocycles. The van der Waals surface area contributed by atoms with E-state index < -0.39 is 26.8 Å². The normalized spacial score (nSPS) is 15.5. The van der Waals surface area contributed by atoms with Crippen LogP contribution in [-0.4, -0.2) is 32.0 Å². The number of benzene rings is 2. The molecule has 14 heteroatoms. The summed E-state index contributed by atoms with van der Waals surface area (Å²) < 4.78 is 35.1. The Kier molecular flexibility index (Phi) is 6.73. The zero-order valence-corrected chi connectivity index (χ0v) is 19.8. The molecule has 3 rings (SSSR count). The van der Waals surface area contributed by atoms with Crippen molar-refractivity contribution in [1.29, 1.82) is 0 Å². The Morgan fingerprint density at radius 1 is 1.15 bits per heavy atom. The summed E-state index contributed by atoms with van der Waals surface area (Å²) in [6, 6.07) is 7.79. The van der Waals surface area contributed by atoms with Crippen LogP contribution in [0.2, 0.25) is 10.0 Å². The van der Waals surface area contributed by atoms with Crippen LogP contribution in [0.5, 0.6) is 0 Å². The summed E-state index contributed by atoms with van der Waals surface area (Å²) in [4.78, 5) is 21.5. The van der Waals surface area contributed by atoms with Crippen LogP contribution in [0.15, 0.2) is 51.3 Å². The predicted molar refractivity (Wildman–Crippen MR) is 127 cm³/mol. The Labute approximate surface area is 199 Å². The number of amides is 2. The van der Waals surface area contributed by atoms with Gasteiger partial charge in [0.15, 0.2) is 0 Å². The van der Waals surface area contributed by atoms with Gasteiger partial charge in [-0.05, 0) is 49.7 Å². The van der Waals surface area contributed by atoms with Crippen LogP contribution >= 0.6 is 23.2 Å². The molecule has 1 aliphatic rings. The van der Waals surface area contributed by atoms with Crippen LogP contribution < -0.4 is 27.0 Å². The summed E-state index contributed by atoms with van der Waals surface area (Å²) in [5.41, 5.74) is 12.3. The summed E-state index contributed by atoms with van der Waals surface area (Å²) in [5, 5.41) is 5.09. The summed E-state index contributed by atoms with van der Waals surface area (Å²) in [6.07, 6.45) is 0. The maximum atomic E-state index is 13.1. The van der Waals surface area contributed by atoms with Gasteiger partial charge in [0.25, 0.3) is 0 Å². The van der Waals surface area contributed by atoms with Gasteiger partial charge in [0.2, 0.25) is 11.9 Å². The molecule has 0 aliphatic carbocycles. The van der Waals surface area contributed by atoms with Crippen LogP contribution in [0.1, 0.15) is 19.4 Å². The highest BCUT2D eigenvalue weighted by atomic mass is 35.5. The van der Waals surface area contributed by atoms with E-state index in [1.54, 1.807) is 23.1 Å². The Bertz CT molecular complexity index is 1280. The first-order valence-electron chi connectivity index (χ1n) is 9.35. The molecule has 2 amide bonds. The number of carbonyl (C=O) groups excluding carboxylic acids is 1. The quantitative estimate of drug-likeness (QED) is 0.448. The molecule has 0 aromatic heterocycles. The third-order valence-corrected chi connectivity index (χ3v) is 6.24. The van der Waals surface area contributed by atoms with Crippen molar-refractivity contribution < 1.29 is 17.1 Å². The fourth-order valence-corrected chi connectivity index (χ4v) is 4.42. The average Bonchev–Trinajstić information content (AvgIpc) is 2.64. The molecule has 0 fully saturated rings. The molecular formula is C19H20Cl2FN7O3S. The molecule has 0 atom stereocenters. The van der Waals surface area contributed by atoms with Crippen molar-refractivity contribution in [3.05, 3.63) is 52.0 Å². The van der Waals surface area contributed by atoms with Gasteiger partial charge in [-0.15, -0.1) is 3.89 Å². The van der Waals surface area contributed by atoms with Gasteiger partial charge in [0.05, 0.1) is 5.02 Å². The second-order valence-electron chi connectivity index (χ2n) is 7.44.